The molecule has 0 aliphatic rings. The van der Waals surface area contributed by atoms with Crippen molar-refractivity contribution in [3.05, 3.63) is 0 Å². The summed E-state index contributed by atoms with van der Waals surface area (Å²) in [6.45, 7) is 6.74. The second kappa shape index (κ2) is 8.01. The number of hydrogen-bond acceptors (Lipinski definition) is 4. The average molecular weight is 190 g/mol. The molecule has 78 valence electrons. The molecule has 4 nitrogen and oxygen atoms in total. The van der Waals surface area contributed by atoms with Crippen LogP contribution in [-0.2, 0) is 19.0 Å². The highest BCUT2D eigenvalue weighted by molar-refractivity contribution is 5.65. The van der Waals surface area contributed by atoms with Crippen LogP contribution in [0.15, 0.2) is 0 Å². The predicted octanol–water partition coefficient (Wildman–Crippen LogP) is 1.34. The molecule has 0 saturated carbocycles. The van der Waals surface area contributed by atoms with Crippen molar-refractivity contribution >= 4 is 5.97 Å². The van der Waals surface area contributed by atoms with Crippen molar-refractivity contribution in [2.45, 2.75) is 33.5 Å². The lowest BCUT2D eigenvalue weighted by Gasteiger charge is -2.16. The molecule has 0 amide bonds. The van der Waals surface area contributed by atoms with Gasteiger partial charge in [0.05, 0.1) is 6.61 Å². The lowest BCUT2D eigenvalue weighted by Crippen LogP contribution is -2.20. The summed E-state index contributed by atoms with van der Waals surface area (Å²) >= 11 is 0. The van der Waals surface area contributed by atoms with Gasteiger partial charge in [-0.1, -0.05) is 0 Å². The fourth-order valence-electron chi connectivity index (χ4n) is 0.885. The zero-order valence-corrected chi connectivity index (χ0v) is 8.54. The maximum atomic E-state index is 10.4. The first kappa shape index (κ1) is 12.4. The Labute approximate surface area is 79.2 Å². The van der Waals surface area contributed by atoms with Crippen molar-refractivity contribution in [3.8, 4) is 0 Å². The number of hydrogen-bond donors (Lipinski definition) is 0. The molecular weight excluding hydrogens is 172 g/mol. The largest absolute Gasteiger partial charge is 0.466 e. The summed E-state index contributed by atoms with van der Waals surface area (Å²) in [4.78, 5) is 10.4. The SMILES string of the molecule is CCOC(CCOC(C)=O)OCC. The van der Waals surface area contributed by atoms with E-state index in [2.05, 4.69) is 0 Å². The number of carbonyl (C=O) groups is 1. The molecule has 0 rings (SSSR count). The number of rotatable bonds is 7. The third kappa shape index (κ3) is 7.74. The van der Waals surface area contributed by atoms with E-state index in [0.29, 0.717) is 26.2 Å². The Kier molecular flexibility index (Phi) is 7.63. The molecule has 0 aliphatic carbocycles. The predicted molar refractivity (Wildman–Crippen MR) is 48.3 cm³/mol. The quantitative estimate of drug-likeness (QED) is 0.449. The van der Waals surface area contributed by atoms with Gasteiger partial charge in [0.15, 0.2) is 6.29 Å². The second-order valence-corrected chi connectivity index (χ2v) is 2.47. The van der Waals surface area contributed by atoms with Gasteiger partial charge >= 0.3 is 5.97 Å². The van der Waals surface area contributed by atoms with Crippen LogP contribution in [0.5, 0.6) is 0 Å². The Hall–Kier alpha value is -0.610. The first-order chi connectivity index (χ1) is 6.20. The Balaban J connectivity index is 3.49. The molecule has 0 aliphatic heterocycles. The molecule has 0 spiro atoms. The van der Waals surface area contributed by atoms with Crippen molar-refractivity contribution in [1.82, 2.24) is 0 Å². The van der Waals surface area contributed by atoms with E-state index in [4.69, 9.17) is 14.2 Å². The highest BCUT2D eigenvalue weighted by Gasteiger charge is 2.07. The van der Waals surface area contributed by atoms with Crippen molar-refractivity contribution in [2.24, 2.45) is 0 Å². The van der Waals surface area contributed by atoms with Gasteiger partial charge < -0.3 is 14.2 Å². The van der Waals surface area contributed by atoms with Crippen LogP contribution < -0.4 is 0 Å². The molecule has 0 saturated heterocycles. The minimum Gasteiger partial charge on any atom is -0.466 e. The summed E-state index contributed by atoms with van der Waals surface area (Å²) in [5.74, 6) is -0.272. The van der Waals surface area contributed by atoms with Crippen LogP contribution in [0.2, 0.25) is 0 Å². The third-order valence-electron chi connectivity index (χ3n) is 1.36. The van der Waals surface area contributed by atoms with Gasteiger partial charge in [-0.15, -0.1) is 0 Å². The normalized spacial score (nSPS) is 10.5. The van der Waals surface area contributed by atoms with E-state index in [1.165, 1.54) is 6.92 Å². The van der Waals surface area contributed by atoms with Crippen molar-refractivity contribution in [1.29, 1.82) is 0 Å². The van der Waals surface area contributed by atoms with E-state index in [1.807, 2.05) is 13.8 Å². The van der Waals surface area contributed by atoms with Crippen LogP contribution in [0.4, 0.5) is 0 Å². The van der Waals surface area contributed by atoms with Crippen LogP contribution >= 0.6 is 0 Å². The lowest BCUT2D eigenvalue weighted by atomic mass is 10.4. The summed E-state index contributed by atoms with van der Waals surface area (Å²) in [6, 6.07) is 0. The fourth-order valence-corrected chi connectivity index (χ4v) is 0.885. The molecule has 0 aromatic carbocycles. The smallest absolute Gasteiger partial charge is 0.302 e. The van der Waals surface area contributed by atoms with E-state index in [0.717, 1.165) is 0 Å². The van der Waals surface area contributed by atoms with Gasteiger partial charge in [-0.25, -0.2) is 0 Å². The summed E-state index contributed by atoms with van der Waals surface area (Å²) in [5, 5.41) is 0. The summed E-state index contributed by atoms with van der Waals surface area (Å²) in [5.41, 5.74) is 0. The Morgan fingerprint density at radius 1 is 1.23 bits per heavy atom. The summed E-state index contributed by atoms with van der Waals surface area (Å²) in [7, 11) is 0. The number of esters is 1. The summed E-state index contributed by atoms with van der Waals surface area (Å²) in [6.07, 6.45) is 0.329. The molecule has 0 fully saturated rings. The van der Waals surface area contributed by atoms with Gasteiger partial charge in [0.25, 0.3) is 0 Å². The van der Waals surface area contributed by atoms with Gasteiger partial charge in [0.2, 0.25) is 0 Å². The molecule has 0 heterocycles. The topological polar surface area (TPSA) is 44.8 Å². The van der Waals surface area contributed by atoms with Gasteiger partial charge in [0.1, 0.15) is 0 Å². The van der Waals surface area contributed by atoms with Crippen LogP contribution in [0.25, 0.3) is 0 Å². The van der Waals surface area contributed by atoms with Crippen molar-refractivity contribution in [2.75, 3.05) is 19.8 Å². The monoisotopic (exact) mass is 190 g/mol. The molecule has 0 atom stereocenters. The third-order valence-corrected chi connectivity index (χ3v) is 1.36. The molecule has 0 aromatic rings. The van der Waals surface area contributed by atoms with Crippen molar-refractivity contribution < 1.29 is 19.0 Å². The van der Waals surface area contributed by atoms with Gasteiger partial charge in [-0.3, -0.25) is 4.79 Å². The molecule has 0 aromatic heterocycles. The molecule has 13 heavy (non-hydrogen) atoms. The summed E-state index contributed by atoms with van der Waals surface area (Å²) < 4.78 is 15.3. The van der Waals surface area contributed by atoms with Crippen LogP contribution in [0.1, 0.15) is 27.2 Å². The van der Waals surface area contributed by atoms with E-state index in [9.17, 15) is 4.79 Å². The minimum atomic E-state index is -0.272. The van der Waals surface area contributed by atoms with E-state index >= 15 is 0 Å². The number of ether oxygens (including phenoxy) is 3. The van der Waals surface area contributed by atoms with E-state index in [1.54, 1.807) is 0 Å². The molecular formula is C9H18O4. The van der Waals surface area contributed by atoms with Crippen LogP contribution in [-0.4, -0.2) is 32.1 Å². The Bertz CT molecular complexity index is 130. The minimum absolute atomic E-state index is 0.255. The molecule has 0 N–H and O–H groups in total. The van der Waals surface area contributed by atoms with Crippen LogP contribution in [0.3, 0.4) is 0 Å². The molecule has 0 bridgehead atoms. The first-order valence-corrected chi connectivity index (χ1v) is 4.57. The lowest BCUT2D eigenvalue weighted by molar-refractivity contribution is -0.156. The Morgan fingerprint density at radius 2 is 1.77 bits per heavy atom. The highest BCUT2D eigenvalue weighted by atomic mass is 16.7. The van der Waals surface area contributed by atoms with Gasteiger partial charge in [-0.2, -0.15) is 0 Å². The number of carbonyl (C=O) groups excluding carboxylic acids is 1. The Morgan fingerprint density at radius 3 is 2.15 bits per heavy atom. The zero-order chi connectivity index (χ0) is 10.1. The van der Waals surface area contributed by atoms with Crippen LogP contribution in [0, 0.1) is 0 Å². The van der Waals surface area contributed by atoms with E-state index in [-0.39, 0.29) is 12.3 Å². The maximum Gasteiger partial charge on any atom is 0.302 e. The highest BCUT2D eigenvalue weighted by Crippen LogP contribution is 2.01. The van der Waals surface area contributed by atoms with Gasteiger partial charge in [-0.05, 0) is 13.8 Å². The maximum absolute atomic E-state index is 10.4. The standard InChI is InChI=1S/C9H18O4/c1-4-11-9(12-5-2)6-7-13-8(3)10/h9H,4-7H2,1-3H3. The first-order valence-electron chi connectivity index (χ1n) is 4.57. The zero-order valence-electron chi connectivity index (χ0n) is 8.54. The van der Waals surface area contributed by atoms with Gasteiger partial charge in [0, 0.05) is 26.6 Å². The second-order valence-electron chi connectivity index (χ2n) is 2.47. The molecule has 0 radical (unpaired) electrons. The van der Waals surface area contributed by atoms with E-state index < -0.39 is 0 Å². The average Bonchev–Trinajstić information content (AvgIpc) is 2.04. The molecule has 4 heteroatoms. The van der Waals surface area contributed by atoms with Crippen molar-refractivity contribution in [3.63, 3.8) is 0 Å². The fraction of sp³-hybridized carbons (Fsp3) is 0.889. The molecule has 0 unspecified atom stereocenters.